The third-order valence-electron chi connectivity index (χ3n) is 7.81. The normalized spacial score (nSPS) is 11.6. The second-order valence-corrected chi connectivity index (χ2v) is 15.3. The molecule has 56 heavy (non-hydrogen) atoms. The van der Waals surface area contributed by atoms with Gasteiger partial charge in [0.05, 0.1) is 24.6 Å². The third-order valence-corrected chi connectivity index (χ3v) is 9.55. The average Bonchev–Trinajstić information content (AvgIpc) is 3.11. The number of benzene rings is 4. The third kappa shape index (κ3) is 15.3. The van der Waals surface area contributed by atoms with Gasteiger partial charge in [0.25, 0.3) is 0 Å². The number of ether oxygens (including phenoxy) is 2. The van der Waals surface area contributed by atoms with Gasteiger partial charge in [0.15, 0.2) is 5.75 Å². The van der Waals surface area contributed by atoms with Gasteiger partial charge in [-0.1, -0.05) is 43.1 Å². The van der Waals surface area contributed by atoms with Crippen LogP contribution in [0.1, 0.15) is 66.5 Å². The fraction of sp³-hybridized carbons (Fsp3) is 0.350. The van der Waals surface area contributed by atoms with Gasteiger partial charge in [0, 0.05) is 37.3 Å². The van der Waals surface area contributed by atoms with Crippen LogP contribution in [0.2, 0.25) is 10.0 Å². The Kier molecular flexibility index (Phi) is 18.6. The lowest BCUT2D eigenvalue weighted by Gasteiger charge is -2.15. The molecule has 4 aromatic rings. The summed E-state index contributed by atoms with van der Waals surface area (Å²) in [7, 11) is 0. The number of carbonyl (C=O) groups is 2. The molecule has 0 aliphatic rings. The zero-order valence-corrected chi connectivity index (χ0v) is 35.4. The number of hydrogen-bond acceptors (Lipinski definition) is 6. The van der Waals surface area contributed by atoms with E-state index < -0.39 is 36.3 Å². The smallest absolute Gasteiger partial charge is 0.416 e. The molecule has 1 unspecified atom stereocenters. The molecule has 304 valence electrons. The van der Waals surface area contributed by atoms with Crippen LogP contribution in [-0.4, -0.2) is 41.4 Å². The molecular weight excluding hydrogens is 911 g/mol. The van der Waals surface area contributed by atoms with E-state index in [1.807, 2.05) is 19.1 Å². The molecule has 0 aliphatic carbocycles. The van der Waals surface area contributed by atoms with Crippen molar-refractivity contribution in [2.45, 2.75) is 78.4 Å². The Morgan fingerprint density at radius 1 is 0.750 bits per heavy atom. The second-order valence-electron chi connectivity index (χ2n) is 12.7. The number of anilines is 2. The number of aliphatic carboxylic acids is 2. The van der Waals surface area contributed by atoms with Gasteiger partial charge in [0.1, 0.15) is 19.0 Å². The van der Waals surface area contributed by atoms with E-state index in [2.05, 4.69) is 74.5 Å². The van der Waals surface area contributed by atoms with Gasteiger partial charge in [-0.25, -0.2) is 9.18 Å². The van der Waals surface area contributed by atoms with Crippen molar-refractivity contribution in [3.63, 3.8) is 0 Å². The van der Waals surface area contributed by atoms with Crippen LogP contribution in [-0.2, 0) is 41.8 Å². The Labute approximate surface area is 350 Å². The molecule has 1 atom stereocenters. The largest absolute Gasteiger partial charge is 0.487 e. The van der Waals surface area contributed by atoms with Crippen LogP contribution in [0.15, 0.2) is 69.6 Å². The van der Waals surface area contributed by atoms with Gasteiger partial charge in [-0.05, 0) is 140 Å². The first kappa shape index (κ1) is 46.7. The van der Waals surface area contributed by atoms with Crippen molar-refractivity contribution >= 4 is 78.4 Å². The van der Waals surface area contributed by atoms with Crippen LogP contribution >= 0.6 is 55.1 Å². The van der Waals surface area contributed by atoms with Crippen molar-refractivity contribution in [1.82, 2.24) is 0 Å². The quantitative estimate of drug-likeness (QED) is 0.0729. The summed E-state index contributed by atoms with van der Waals surface area (Å²) in [5.74, 6) is -1.69. The summed E-state index contributed by atoms with van der Waals surface area (Å²) in [4.78, 5) is 21.4. The maximum Gasteiger partial charge on any atom is 0.416 e. The molecule has 4 N–H and O–H groups in total. The van der Waals surface area contributed by atoms with Crippen molar-refractivity contribution in [3.05, 3.63) is 113 Å². The highest BCUT2D eigenvalue weighted by molar-refractivity contribution is 9.11. The second kappa shape index (κ2) is 22.3. The highest BCUT2D eigenvalue weighted by atomic mass is 79.9. The minimum Gasteiger partial charge on any atom is -0.487 e. The number of alkyl halides is 4. The number of carboxylic acid groups (broad SMARTS) is 2. The fourth-order valence-corrected chi connectivity index (χ4v) is 7.40. The molecule has 16 heteroatoms. The molecule has 0 bridgehead atoms. The van der Waals surface area contributed by atoms with E-state index in [0.29, 0.717) is 31.0 Å². The monoisotopic (exact) mass is 950 g/mol. The van der Waals surface area contributed by atoms with Crippen LogP contribution in [0.5, 0.6) is 11.5 Å². The van der Waals surface area contributed by atoms with E-state index in [1.54, 1.807) is 0 Å². The Bertz CT molecular complexity index is 1920. The molecule has 8 nitrogen and oxygen atoms in total. The van der Waals surface area contributed by atoms with E-state index in [0.717, 1.165) is 57.3 Å². The topological polar surface area (TPSA) is 117 Å². The van der Waals surface area contributed by atoms with E-state index in [4.69, 9.17) is 42.9 Å². The summed E-state index contributed by atoms with van der Waals surface area (Å²) >= 11 is 19.2. The van der Waals surface area contributed by atoms with Crippen LogP contribution in [0, 0.1) is 6.92 Å². The Morgan fingerprint density at radius 2 is 1.27 bits per heavy atom. The molecule has 4 rings (SSSR count). The van der Waals surface area contributed by atoms with Gasteiger partial charge >= 0.3 is 18.1 Å². The highest BCUT2D eigenvalue weighted by Gasteiger charge is 2.31. The number of halogens is 8. The molecule has 0 heterocycles. The molecule has 0 saturated heterocycles. The van der Waals surface area contributed by atoms with Crippen LogP contribution in [0.25, 0.3) is 0 Å². The maximum atomic E-state index is 13.4. The van der Waals surface area contributed by atoms with Crippen LogP contribution in [0.4, 0.5) is 28.9 Å². The van der Waals surface area contributed by atoms with Crippen LogP contribution < -0.4 is 20.1 Å². The first-order chi connectivity index (χ1) is 26.4. The van der Waals surface area contributed by atoms with E-state index in [-0.39, 0.29) is 39.9 Å². The van der Waals surface area contributed by atoms with Crippen molar-refractivity contribution in [2.24, 2.45) is 0 Å². The summed E-state index contributed by atoms with van der Waals surface area (Å²) in [6, 6.07) is 16.3. The van der Waals surface area contributed by atoms with Gasteiger partial charge < -0.3 is 30.3 Å². The minimum atomic E-state index is -4.53. The molecule has 4 aromatic carbocycles. The Hall–Kier alpha value is -3.72. The number of nitrogens with one attached hydrogen (secondary N) is 2. The van der Waals surface area contributed by atoms with Crippen molar-refractivity contribution in [2.75, 3.05) is 23.7 Å². The number of carboxylic acids is 2. The first-order valence-electron chi connectivity index (χ1n) is 17.5. The zero-order chi connectivity index (χ0) is 41.6. The molecule has 0 aromatic heterocycles. The maximum absolute atomic E-state index is 13.4. The summed E-state index contributed by atoms with van der Waals surface area (Å²) in [6.07, 6.45) is -4.68. The number of aryl methyl sites for hydroxylation is 2. The summed E-state index contributed by atoms with van der Waals surface area (Å²) in [5, 5.41) is 23.8. The average molecular weight is 953 g/mol. The van der Waals surface area contributed by atoms with Crippen molar-refractivity contribution in [1.29, 1.82) is 0 Å². The van der Waals surface area contributed by atoms with Crippen molar-refractivity contribution in [3.8, 4) is 11.5 Å². The summed E-state index contributed by atoms with van der Waals surface area (Å²) in [5.41, 5.74) is 4.31. The molecule has 0 radical (unpaired) electrons. The number of hydrogen-bond donors (Lipinski definition) is 4. The highest BCUT2D eigenvalue weighted by Crippen LogP contribution is 2.38. The summed E-state index contributed by atoms with van der Waals surface area (Å²) in [6.45, 7) is 7.76. The van der Waals surface area contributed by atoms with Crippen LogP contribution in [0.3, 0.4) is 0 Å². The van der Waals surface area contributed by atoms with E-state index >= 15 is 0 Å². The lowest BCUT2D eigenvalue weighted by Crippen LogP contribution is -2.17. The summed E-state index contributed by atoms with van der Waals surface area (Å²) < 4.78 is 66.1. The number of rotatable bonds is 18. The zero-order valence-electron chi connectivity index (χ0n) is 30.8. The first-order valence-corrected chi connectivity index (χ1v) is 19.8. The van der Waals surface area contributed by atoms with E-state index in [1.165, 1.54) is 23.8 Å². The predicted molar refractivity (Wildman–Crippen MR) is 219 cm³/mol. The molecule has 0 spiro atoms. The lowest BCUT2D eigenvalue weighted by atomic mass is 10.1. The molecule has 0 aliphatic heterocycles. The Balaban J connectivity index is 0.000000303. The van der Waals surface area contributed by atoms with Gasteiger partial charge in [-0.3, -0.25) is 4.79 Å². The lowest BCUT2D eigenvalue weighted by molar-refractivity contribution is -0.142. The van der Waals surface area contributed by atoms with Gasteiger partial charge in [-0.15, -0.1) is 0 Å². The molecule has 0 fully saturated rings. The Morgan fingerprint density at radius 3 is 1.77 bits per heavy atom. The minimum absolute atomic E-state index is 0.00768. The fourth-order valence-electron chi connectivity index (χ4n) is 5.25. The molecule has 0 amide bonds. The van der Waals surface area contributed by atoms with Gasteiger partial charge in [-0.2, -0.15) is 13.2 Å². The molecular formula is C40H42Br2Cl2F4N2O6. The molecule has 0 saturated carbocycles. The van der Waals surface area contributed by atoms with Crippen molar-refractivity contribution < 1.29 is 46.8 Å². The SMILES string of the molecule is CCCNc1cc(C)cc(COc2c(Br)cc(CCC(=O)O)cc2Br)c1.CCCNc1cc(COc2c(Cl)cc(CC(F)C(=O)O)cc2Cl)cc(C(F)(F)F)c1. The standard InChI is InChI=1S/C20H23Br2NO3.C20H19Cl2F4NO3/c1-3-6-23-16-8-13(2)7-15(9-16)12-26-20-17(21)10-14(11-18(20)22)4-5-19(24)25;1-2-3-27-14-5-12(4-13(9-14)20(24,25)26)10-30-18-15(21)6-11(7-16(18)22)8-17(23)19(28)29/h7-11,23H,3-6,12H2,1-2H3,(H,24,25);4-7,9,17,27H,2-3,8,10H2,1H3,(H,28,29). The van der Waals surface area contributed by atoms with Gasteiger partial charge in [0.2, 0.25) is 6.17 Å². The van der Waals surface area contributed by atoms with E-state index in [9.17, 15) is 27.2 Å². The predicted octanol–water partition coefficient (Wildman–Crippen LogP) is 12.3.